The molecule has 0 bridgehead atoms. The van der Waals surface area contributed by atoms with Gasteiger partial charge in [0, 0.05) is 37.1 Å². The highest BCUT2D eigenvalue weighted by atomic mass is 16.5. The first-order chi connectivity index (χ1) is 10.2. The molecular weight excluding hydrogens is 266 g/mol. The predicted molar refractivity (Wildman–Crippen MR) is 83.7 cm³/mol. The minimum absolute atomic E-state index is 0.0213. The van der Waals surface area contributed by atoms with Crippen molar-refractivity contribution in [3.63, 3.8) is 0 Å². The number of hydrogen-bond acceptors (Lipinski definition) is 4. The molecule has 2 N–H and O–H groups in total. The van der Waals surface area contributed by atoms with Gasteiger partial charge in [-0.05, 0) is 37.9 Å². The number of fused-ring (bicyclic) bond motifs is 1. The van der Waals surface area contributed by atoms with Crippen LogP contribution in [0.4, 0.5) is 11.4 Å². The Hall–Kier alpha value is -1.59. The van der Waals surface area contributed by atoms with Crippen molar-refractivity contribution in [2.45, 2.75) is 18.9 Å². The molecule has 1 saturated heterocycles. The summed E-state index contributed by atoms with van der Waals surface area (Å²) in [6.07, 6.45) is 2.39. The largest absolute Gasteiger partial charge is 0.381 e. The molecule has 5 heteroatoms. The summed E-state index contributed by atoms with van der Waals surface area (Å²) in [5, 5.41) is 5.99. The first-order valence-corrected chi connectivity index (χ1v) is 7.60. The molecular formula is C16H23N3O2. The van der Waals surface area contributed by atoms with Crippen LogP contribution >= 0.6 is 0 Å². The molecule has 0 radical (unpaired) electrons. The zero-order chi connectivity index (χ0) is 14.8. The van der Waals surface area contributed by atoms with E-state index in [1.54, 1.807) is 0 Å². The van der Waals surface area contributed by atoms with E-state index < -0.39 is 0 Å². The second-order valence-electron chi connectivity index (χ2n) is 5.95. The van der Waals surface area contributed by atoms with Crippen molar-refractivity contribution in [3.8, 4) is 0 Å². The van der Waals surface area contributed by atoms with E-state index in [9.17, 15) is 4.79 Å². The molecule has 5 nitrogen and oxygen atoms in total. The molecule has 2 aliphatic rings. The number of ether oxygens (including phenoxy) is 1. The number of amides is 1. The lowest BCUT2D eigenvalue weighted by molar-refractivity contribution is -0.117. The van der Waals surface area contributed by atoms with Crippen LogP contribution in [0.15, 0.2) is 18.2 Å². The summed E-state index contributed by atoms with van der Waals surface area (Å²) in [7, 11) is 3.91. The van der Waals surface area contributed by atoms with Gasteiger partial charge in [0.2, 0.25) is 5.91 Å². The summed E-state index contributed by atoms with van der Waals surface area (Å²) < 4.78 is 5.54. The number of hydrogen-bond donors (Lipinski definition) is 2. The molecule has 2 atom stereocenters. The minimum atomic E-state index is -0.230. The standard InChI is InChI=1S/C16H23N3O2/c1-17-15-13-6-5-12(8-14(13)18-16(15)20)19(2)9-11-4-3-7-21-10-11/h5-6,8,11,15,17H,3-4,7,9-10H2,1-2H3,(H,18,20). The van der Waals surface area contributed by atoms with Crippen molar-refractivity contribution >= 4 is 17.3 Å². The molecule has 1 aromatic carbocycles. The molecule has 0 aromatic heterocycles. The maximum atomic E-state index is 11.9. The van der Waals surface area contributed by atoms with Crippen molar-refractivity contribution in [3.05, 3.63) is 23.8 Å². The fourth-order valence-electron chi connectivity index (χ4n) is 3.22. The SMILES string of the molecule is CNC1C(=O)Nc2cc(N(C)CC3CCCOC3)ccc21. The van der Waals surface area contributed by atoms with E-state index in [4.69, 9.17) is 4.74 Å². The second kappa shape index (κ2) is 6.03. The number of nitrogens with one attached hydrogen (secondary N) is 2. The fraction of sp³-hybridized carbons (Fsp3) is 0.562. The maximum Gasteiger partial charge on any atom is 0.246 e. The third-order valence-electron chi connectivity index (χ3n) is 4.38. The number of benzene rings is 1. The molecule has 3 rings (SSSR count). The van der Waals surface area contributed by atoms with Crippen LogP contribution in [0.3, 0.4) is 0 Å². The quantitative estimate of drug-likeness (QED) is 0.887. The van der Waals surface area contributed by atoms with Gasteiger partial charge in [0.05, 0.1) is 6.61 Å². The molecule has 0 saturated carbocycles. The van der Waals surface area contributed by atoms with E-state index in [2.05, 4.69) is 34.7 Å². The highest BCUT2D eigenvalue weighted by molar-refractivity contribution is 6.03. The summed E-state index contributed by atoms with van der Waals surface area (Å²) in [6.45, 7) is 2.74. The Bertz CT molecular complexity index is 526. The summed E-state index contributed by atoms with van der Waals surface area (Å²) in [5.74, 6) is 0.615. The number of likely N-dealkylation sites (N-methyl/N-ethyl adjacent to an activating group) is 1. The van der Waals surface area contributed by atoms with E-state index >= 15 is 0 Å². The molecule has 0 aliphatic carbocycles. The van der Waals surface area contributed by atoms with Crippen LogP contribution in [0.5, 0.6) is 0 Å². The van der Waals surface area contributed by atoms with Gasteiger partial charge in [-0.1, -0.05) is 6.07 Å². The van der Waals surface area contributed by atoms with Gasteiger partial charge in [-0.15, -0.1) is 0 Å². The summed E-state index contributed by atoms with van der Waals surface area (Å²) in [6, 6.07) is 5.96. The van der Waals surface area contributed by atoms with E-state index in [-0.39, 0.29) is 11.9 Å². The van der Waals surface area contributed by atoms with E-state index in [0.29, 0.717) is 5.92 Å². The molecule has 114 valence electrons. The maximum absolute atomic E-state index is 11.9. The van der Waals surface area contributed by atoms with Gasteiger partial charge in [0.1, 0.15) is 6.04 Å². The molecule has 21 heavy (non-hydrogen) atoms. The van der Waals surface area contributed by atoms with Gasteiger partial charge >= 0.3 is 0 Å². The molecule has 2 heterocycles. The average molecular weight is 289 g/mol. The summed E-state index contributed by atoms with van der Waals surface area (Å²) in [5.41, 5.74) is 3.08. The van der Waals surface area contributed by atoms with Crippen molar-refractivity contribution in [2.24, 2.45) is 5.92 Å². The molecule has 1 amide bonds. The number of rotatable bonds is 4. The lowest BCUT2D eigenvalue weighted by atomic mass is 10.0. The second-order valence-corrected chi connectivity index (χ2v) is 5.95. The lowest BCUT2D eigenvalue weighted by Crippen LogP contribution is -2.30. The van der Waals surface area contributed by atoms with Crippen molar-refractivity contribution < 1.29 is 9.53 Å². The molecule has 2 unspecified atom stereocenters. The fourth-order valence-corrected chi connectivity index (χ4v) is 3.22. The number of nitrogens with zero attached hydrogens (tertiary/aromatic N) is 1. The number of anilines is 2. The van der Waals surface area contributed by atoms with Crippen LogP contribution in [0.1, 0.15) is 24.4 Å². The van der Waals surface area contributed by atoms with Gasteiger partial charge in [-0.2, -0.15) is 0 Å². The zero-order valence-electron chi connectivity index (χ0n) is 12.7. The topological polar surface area (TPSA) is 53.6 Å². The first kappa shape index (κ1) is 14.4. The Morgan fingerprint density at radius 3 is 3.05 bits per heavy atom. The van der Waals surface area contributed by atoms with Gasteiger partial charge in [-0.3, -0.25) is 4.79 Å². The first-order valence-electron chi connectivity index (χ1n) is 7.60. The summed E-state index contributed by atoms with van der Waals surface area (Å²) >= 11 is 0. The van der Waals surface area contributed by atoms with Gasteiger partial charge in [0.25, 0.3) is 0 Å². The monoisotopic (exact) mass is 289 g/mol. The van der Waals surface area contributed by atoms with Crippen molar-refractivity contribution in [1.82, 2.24) is 5.32 Å². The Labute approximate surface area is 125 Å². The Morgan fingerprint density at radius 2 is 2.33 bits per heavy atom. The van der Waals surface area contributed by atoms with Crippen LogP contribution in [0.25, 0.3) is 0 Å². The van der Waals surface area contributed by atoms with Crippen LogP contribution in [0.2, 0.25) is 0 Å². The van der Waals surface area contributed by atoms with E-state index in [0.717, 1.165) is 43.1 Å². The van der Waals surface area contributed by atoms with Crippen molar-refractivity contribution in [1.29, 1.82) is 0 Å². The molecule has 0 spiro atoms. The van der Waals surface area contributed by atoms with E-state index in [1.807, 2.05) is 13.1 Å². The number of carbonyl (C=O) groups is 1. The molecule has 1 fully saturated rings. The minimum Gasteiger partial charge on any atom is -0.381 e. The normalized spacial score (nSPS) is 24.6. The highest BCUT2D eigenvalue weighted by Gasteiger charge is 2.29. The van der Waals surface area contributed by atoms with Crippen LogP contribution < -0.4 is 15.5 Å². The summed E-state index contributed by atoms with van der Waals surface area (Å²) in [4.78, 5) is 14.1. The third-order valence-corrected chi connectivity index (χ3v) is 4.38. The van der Waals surface area contributed by atoms with Crippen LogP contribution in [-0.2, 0) is 9.53 Å². The predicted octanol–water partition coefficient (Wildman–Crippen LogP) is 1.76. The highest BCUT2D eigenvalue weighted by Crippen LogP contribution is 2.33. The number of carbonyl (C=O) groups excluding carboxylic acids is 1. The zero-order valence-corrected chi connectivity index (χ0v) is 12.7. The van der Waals surface area contributed by atoms with Crippen LogP contribution in [-0.4, -0.2) is 39.8 Å². The van der Waals surface area contributed by atoms with Gasteiger partial charge < -0.3 is 20.3 Å². The average Bonchev–Trinajstić information content (AvgIpc) is 2.82. The Kier molecular flexibility index (Phi) is 4.12. The van der Waals surface area contributed by atoms with Gasteiger partial charge in [0.15, 0.2) is 0 Å². The smallest absolute Gasteiger partial charge is 0.246 e. The van der Waals surface area contributed by atoms with Gasteiger partial charge in [-0.25, -0.2) is 0 Å². The van der Waals surface area contributed by atoms with E-state index in [1.165, 1.54) is 6.42 Å². The van der Waals surface area contributed by atoms with Crippen molar-refractivity contribution in [2.75, 3.05) is 44.1 Å². The Morgan fingerprint density at radius 1 is 1.48 bits per heavy atom. The Balaban J connectivity index is 1.72. The third kappa shape index (κ3) is 2.89. The lowest BCUT2D eigenvalue weighted by Gasteiger charge is -2.28. The molecule has 1 aromatic rings. The van der Waals surface area contributed by atoms with Crippen LogP contribution in [0, 0.1) is 5.92 Å². The molecule has 2 aliphatic heterocycles.